The summed E-state index contributed by atoms with van der Waals surface area (Å²) in [4.78, 5) is 24.0. The number of para-hydroxylation sites is 1. The lowest BCUT2D eigenvalue weighted by molar-refractivity contribution is -0.115. The van der Waals surface area contributed by atoms with Gasteiger partial charge in [0, 0.05) is 6.20 Å². The summed E-state index contributed by atoms with van der Waals surface area (Å²) < 4.78 is 13.6. The number of thioether (sulfide) groups is 1. The van der Waals surface area contributed by atoms with Crippen molar-refractivity contribution in [3.63, 3.8) is 0 Å². The minimum absolute atomic E-state index is 0.183. The van der Waals surface area contributed by atoms with E-state index in [9.17, 15) is 9.18 Å². The van der Waals surface area contributed by atoms with Crippen LogP contribution in [0.3, 0.4) is 0 Å². The van der Waals surface area contributed by atoms with Crippen molar-refractivity contribution >= 4 is 34.5 Å². The van der Waals surface area contributed by atoms with Crippen LogP contribution in [0.4, 0.5) is 10.1 Å². The Morgan fingerprint density at radius 2 is 2.17 bits per heavy atom. The average molecular weight is 330 g/mol. The first-order valence-corrected chi connectivity index (χ1v) is 8.08. The SMILES string of the molecule is CCC(Sc1nc2ncccc2[nH]1)C(=O)Nc1ccccc1F. The Balaban J connectivity index is 1.74. The van der Waals surface area contributed by atoms with Crippen molar-refractivity contribution < 1.29 is 9.18 Å². The maximum Gasteiger partial charge on any atom is 0.238 e. The molecule has 0 radical (unpaired) electrons. The molecule has 1 atom stereocenters. The van der Waals surface area contributed by atoms with E-state index < -0.39 is 5.82 Å². The van der Waals surface area contributed by atoms with Crippen molar-refractivity contribution in [3.05, 3.63) is 48.4 Å². The van der Waals surface area contributed by atoms with Crippen LogP contribution in [0.25, 0.3) is 11.2 Å². The van der Waals surface area contributed by atoms with Crippen LogP contribution in [0.1, 0.15) is 13.3 Å². The molecule has 2 heterocycles. The van der Waals surface area contributed by atoms with Crippen molar-refractivity contribution in [1.82, 2.24) is 15.0 Å². The van der Waals surface area contributed by atoms with Gasteiger partial charge >= 0.3 is 0 Å². The maximum absolute atomic E-state index is 13.6. The van der Waals surface area contributed by atoms with Crippen LogP contribution in [0, 0.1) is 5.82 Å². The number of fused-ring (bicyclic) bond motifs is 1. The summed E-state index contributed by atoms with van der Waals surface area (Å²) in [5.41, 5.74) is 1.61. The van der Waals surface area contributed by atoms with Crippen LogP contribution < -0.4 is 5.32 Å². The minimum Gasteiger partial charge on any atom is -0.332 e. The van der Waals surface area contributed by atoms with Gasteiger partial charge in [-0.05, 0) is 30.7 Å². The quantitative estimate of drug-likeness (QED) is 0.701. The molecule has 1 unspecified atom stereocenters. The zero-order valence-electron chi connectivity index (χ0n) is 12.4. The number of aromatic nitrogens is 3. The van der Waals surface area contributed by atoms with Crippen LogP contribution >= 0.6 is 11.8 Å². The van der Waals surface area contributed by atoms with Crippen LogP contribution in [-0.2, 0) is 4.79 Å². The lowest BCUT2D eigenvalue weighted by Gasteiger charge is -2.13. The van der Waals surface area contributed by atoms with Gasteiger partial charge in [-0.15, -0.1) is 0 Å². The summed E-state index contributed by atoms with van der Waals surface area (Å²) in [5, 5.41) is 2.86. The van der Waals surface area contributed by atoms with Gasteiger partial charge in [-0.25, -0.2) is 14.4 Å². The molecule has 23 heavy (non-hydrogen) atoms. The summed E-state index contributed by atoms with van der Waals surface area (Å²) in [6.45, 7) is 1.90. The predicted molar refractivity (Wildman–Crippen MR) is 88.9 cm³/mol. The zero-order chi connectivity index (χ0) is 16.2. The summed E-state index contributed by atoms with van der Waals surface area (Å²) in [6, 6.07) is 9.80. The highest BCUT2D eigenvalue weighted by Gasteiger charge is 2.21. The van der Waals surface area contributed by atoms with E-state index in [4.69, 9.17) is 0 Å². The van der Waals surface area contributed by atoms with Crippen molar-refractivity contribution in [3.8, 4) is 0 Å². The first kappa shape index (κ1) is 15.5. The molecule has 7 heteroatoms. The molecule has 0 saturated heterocycles. The number of H-pyrrole nitrogens is 1. The smallest absolute Gasteiger partial charge is 0.238 e. The van der Waals surface area contributed by atoms with Crippen LogP contribution in [0.2, 0.25) is 0 Å². The standard InChI is InChI=1S/C16H15FN4OS/c1-2-13(15(22)19-11-7-4-3-6-10(11)17)23-16-20-12-8-5-9-18-14(12)21-16/h3-9,13H,2H2,1H3,(H,19,22)(H,18,20,21). The molecule has 2 N–H and O–H groups in total. The lowest BCUT2D eigenvalue weighted by atomic mass is 10.2. The number of carbonyl (C=O) groups is 1. The molecular formula is C16H15FN4OS. The second-order valence-electron chi connectivity index (χ2n) is 4.90. The maximum atomic E-state index is 13.6. The third-order valence-electron chi connectivity index (χ3n) is 3.28. The number of anilines is 1. The van der Waals surface area contributed by atoms with E-state index in [0.717, 1.165) is 5.52 Å². The fourth-order valence-electron chi connectivity index (χ4n) is 2.11. The molecule has 3 rings (SSSR count). The van der Waals surface area contributed by atoms with Gasteiger partial charge in [0.15, 0.2) is 10.8 Å². The lowest BCUT2D eigenvalue weighted by Crippen LogP contribution is -2.25. The molecule has 3 aromatic rings. The van der Waals surface area contributed by atoms with Gasteiger partial charge in [-0.2, -0.15) is 0 Å². The number of hydrogen-bond donors (Lipinski definition) is 2. The van der Waals surface area contributed by atoms with Crippen LogP contribution in [-0.4, -0.2) is 26.1 Å². The highest BCUT2D eigenvalue weighted by Crippen LogP contribution is 2.26. The molecule has 118 valence electrons. The van der Waals surface area contributed by atoms with Gasteiger partial charge in [0.2, 0.25) is 5.91 Å². The van der Waals surface area contributed by atoms with Gasteiger partial charge in [0.1, 0.15) is 5.82 Å². The molecule has 0 saturated carbocycles. The van der Waals surface area contributed by atoms with E-state index in [0.29, 0.717) is 17.2 Å². The van der Waals surface area contributed by atoms with Gasteiger partial charge in [-0.1, -0.05) is 30.8 Å². The van der Waals surface area contributed by atoms with E-state index >= 15 is 0 Å². The Bertz CT molecular complexity index is 803. The number of hydrogen-bond acceptors (Lipinski definition) is 4. The third kappa shape index (κ3) is 3.50. The summed E-state index contributed by atoms with van der Waals surface area (Å²) in [7, 11) is 0. The fourth-order valence-corrected chi connectivity index (χ4v) is 3.02. The number of carbonyl (C=O) groups excluding carboxylic acids is 1. The molecule has 5 nitrogen and oxygen atoms in total. The second kappa shape index (κ2) is 6.78. The van der Waals surface area contributed by atoms with Crippen molar-refractivity contribution in [2.24, 2.45) is 0 Å². The van der Waals surface area contributed by atoms with Gasteiger partial charge < -0.3 is 10.3 Å². The van der Waals surface area contributed by atoms with Crippen molar-refractivity contribution in [2.45, 2.75) is 23.8 Å². The molecule has 0 fully saturated rings. The van der Waals surface area contributed by atoms with E-state index in [1.165, 1.54) is 23.9 Å². The van der Waals surface area contributed by atoms with E-state index in [2.05, 4.69) is 20.3 Å². The minimum atomic E-state index is -0.450. The molecular weight excluding hydrogens is 315 g/mol. The van der Waals surface area contributed by atoms with Crippen LogP contribution in [0.5, 0.6) is 0 Å². The number of rotatable bonds is 5. The Morgan fingerprint density at radius 3 is 2.91 bits per heavy atom. The Labute approximate surface area is 136 Å². The van der Waals surface area contributed by atoms with E-state index in [1.807, 2.05) is 19.1 Å². The summed E-state index contributed by atoms with van der Waals surface area (Å²) in [5.74, 6) is -0.704. The van der Waals surface area contributed by atoms with Crippen molar-refractivity contribution in [1.29, 1.82) is 0 Å². The number of imidazole rings is 1. The Kier molecular flexibility index (Phi) is 4.57. The average Bonchev–Trinajstić information content (AvgIpc) is 2.97. The number of pyridine rings is 1. The highest BCUT2D eigenvalue weighted by molar-refractivity contribution is 8.00. The monoisotopic (exact) mass is 330 g/mol. The molecule has 1 aromatic carbocycles. The molecule has 0 bridgehead atoms. The molecule has 0 aliphatic heterocycles. The van der Waals surface area contributed by atoms with Gasteiger partial charge in [0.05, 0.1) is 16.5 Å². The van der Waals surface area contributed by atoms with Gasteiger partial charge in [-0.3, -0.25) is 4.79 Å². The van der Waals surface area contributed by atoms with E-state index in [-0.39, 0.29) is 16.8 Å². The van der Waals surface area contributed by atoms with E-state index in [1.54, 1.807) is 18.3 Å². The normalized spacial score (nSPS) is 12.3. The summed E-state index contributed by atoms with van der Waals surface area (Å²) in [6.07, 6.45) is 2.26. The molecule has 0 aliphatic rings. The van der Waals surface area contributed by atoms with Crippen molar-refractivity contribution in [2.75, 3.05) is 5.32 Å². The number of nitrogens with zero attached hydrogens (tertiary/aromatic N) is 2. The Hall–Kier alpha value is -2.41. The highest BCUT2D eigenvalue weighted by atomic mass is 32.2. The largest absolute Gasteiger partial charge is 0.332 e. The zero-order valence-corrected chi connectivity index (χ0v) is 13.2. The summed E-state index contributed by atoms with van der Waals surface area (Å²) >= 11 is 1.31. The number of benzene rings is 1. The second-order valence-corrected chi connectivity index (χ2v) is 6.09. The fraction of sp³-hybridized carbons (Fsp3) is 0.188. The topological polar surface area (TPSA) is 70.7 Å². The molecule has 1 amide bonds. The van der Waals surface area contributed by atoms with Gasteiger partial charge in [0.25, 0.3) is 0 Å². The Morgan fingerprint density at radius 1 is 1.35 bits per heavy atom. The first-order valence-electron chi connectivity index (χ1n) is 7.20. The molecule has 0 aliphatic carbocycles. The van der Waals surface area contributed by atoms with Crippen LogP contribution in [0.15, 0.2) is 47.8 Å². The number of amides is 1. The number of halogens is 1. The number of nitrogens with one attached hydrogen (secondary N) is 2. The molecule has 0 spiro atoms. The molecule has 2 aromatic heterocycles. The number of aromatic amines is 1. The predicted octanol–water partition coefficient (Wildman–Crippen LogP) is 3.61. The first-order chi connectivity index (χ1) is 11.2. The third-order valence-corrected chi connectivity index (χ3v) is 4.53.